The Morgan fingerprint density at radius 1 is 1.40 bits per heavy atom. The zero-order valence-electron chi connectivity index (χ0n) is 12.6. The highest BCUT2D eigenvalue weighted by Gasteiger charge is 2.43. The van der Waals surface area contributed by atoms with Crippen LogP contribution in [0.2, 0.25) is 0 Å². The maximum Gasteiger partial charge on any atom is 0.289 e. The van der Waals surface area contributed by atoms with Crippen molar-refractivity contribution in [2.24, 2.45) is 4.99 Å². The zero-order chi connectivity index (χ0) is 14.4. The molecule has 2 aliphatic heterocycles. The molecule has 2 fully saturated rings. The largest absolute Gasteiger partial charge is 0.465 e. The monoisotopic (exact) mass is 283 g/mol. The van der Waals surface area contributed by atoms with Gasteiger partial charge in [-0.3, -0.25) is 4.90 Å². The number of hydrogen-bond donors (Lipinski definition) is 1. The van der Waals surface area contributed by atoms with E-state index in [1.54, 1.807) is 14.0 Å². The Labute approximate surface area is 121 Å². The van der Waals surface area contributed by atoms with Gasteiger partial charge in [0.1, 0.15) is 5.83 Å². The van der Waals surface area contributed by atoms with Crippen LogP contribution in [0, 0.1) is 0 Å². The predicted molar refractivity (Wildman–Crippen MR) is 79.3 cm³/mol. The minimum absolute atomic E-state index is 0.238. The van der Waals surface area contributed by atoms with E-state index in [2.05, 4.69) is 15.2 Å². The fourth-order valence-corrected chi connectivity index (χ4v) is 3.37. The molecule has 0 saturated carbocycles. The zero-order valence-corrected chi connectivity index (χ0v) is 12.6. The fraction of sp³-hybridized carbons (Fsp3) is 0.800. The maximum atomic E-state index is 13.0. The summed E-state index contributed by atoms with van der Waals surface area (Å²) >= 11 is 0. The first kappa shape index (κ1) is 15.3. The molecule has 0 spiro atoms. The van der Waals surface area contributed by atoms with Gasteiger partial charge in [0.15, 0.2) is 0 Å². The number of ether oxygens (including phenoxy) is 1. The van der Waals surface area contributed by atoms with Crippen LogP contribution in [0.4, 0.5) is 4.39 Å². The number of amidine groups is 1. The number of aliphatic imine (C=N–C) groups is 1. The average Bonchev–Trinajstić information content (AvgIpc) is 3.01. The third-order valence-corrected chi connectivity index (χ3v) is 4.49. The van der Waals surface area contributed by atoms with Crippen molar-refractivity contribution in [1.29, 1.82) is 0 Å². The first-order valence-electron chi connectivity index (χ1n) is 7.68. The SMILES string of the molecule is CC/C(F)=C/N=C(\NC)OCCC12CCCN1CCC2. The Hall–Kier alpha value is -1.10. The van der Waals surface area contributed by atoms with Crippen LogP contribution < -0.4 is 5.32 Å². The molecule has 1 N–H and O–H groups in total. The summed E-state index contributed by atoms with van der Waals surface area (Å²) in [6, 6.07) is 0.396. The van der Waals surface area contributed by atoms with Crippen LogP contribution in [0.25, 0.3) is 0 Å². The molecule has 0 amide bonds. The lowest BCUT2D eigenvalue weighted by atomic mass is 9.91. The van der Waals surface area contributed by atoms with Gasteiger partial charge in [0, 0.05) is 12.6 Å². The lowest BCUT2D eigenvalue weighted by Crippen LogP contribution is -2.39. The van der Waals surface area contributed by atoms with Crippen LogP contribution in [0.3, 0.4) is 0 Å². The van der Waals surface area contributed by atoms with Crippen LogP contribution in [-0.2, 0) is 4.74 Å². The van der Waals surface area contributed by atoms with E-state index < -0.39 is 0 Å². The number of rotatable bonds is 5. The summed E-state index contributed by atoms with van der Waals surface area (Å²) in [5, 5.41) is 2.87. The minimum Gasteiger partial charge on any atom is -0.465 e. The highest BCUT2D eigenvalue weighted by atomic mass is 19.1. The molecule has 0 unspecified atom stereocenters. The number of hydrogen-bond acceptors (Lipinski definition) is 3. The van der Waals surface area contributed by atoms with Gasteiger partial charge in [-0.25, -0.2) is 9.38 Å². The van der Waals surface area contributed by atoms with E-state index in [0.717, 1.165) is 6.42 Å². The van der Waals surface area contributed by atoms with E-state index in [4.69, 9.17) is 4.74 Å². The summed E-state index contributed by atoms with van der Waals surface area (Å²) < 4.78 is 18.7. The average molecular weight is 283 g/mol. The van der Waals surface area contributed by atoms with Gasteiger partial charge in [0.05, 0.1) is 12.8 Å². The van der Waals surface area contributed by atoms with Gasteiger partial charge in [-0.15, -0.1) is 0 Å². The quantitative estimate of drug-likeness (QED) is 0.622. The Morgan fingerprint density at radius 3 is 2.70 bits per heavy atom. The molecule has 0 aromatic carbocycles. The molecule has 20 heavy (non-hydrogen) atoms. The third kappa shape index (κ3) is 3.51. The Kier molecular flexibility index (Phi) is 5.40. The molecule has 4 nitrogen and oxygen atoms in total. The molecule has 0 aliphatic carbocycles. The van der Waals surface area contributed by atoms with Crippen LogP contribution in [0.1, 0.15) is 45.4 Å². The molecule has 5 heteroatoms. The highest BCUT2D eigenvalue weighted by Crippen LogP contribution is 2.41. The molecular formula is C15H26FN3O. The van der Waals surface area contributed by atoms with Crippen molar-refractivity contribution in [3.63, 3.8) is 0 Å². The maximum absolute atomic E-state index is 13.0. The van der Waals surface area contributed by atoms with Crippen LogP contribution >= 0.6 is 0 Å². The third-order valence-electron chi connectivity index (χ3n) is 4.49. The molecule has 2 rings (SSSR count). The van der Waals surface area contributed by atoms with E-state index in [-0.39, 0.29) is 5.83 Å². The van der Waals surface area contributed by atoms with Crippen LogP contribution in [0.15, 0.2) is 17.0 Å². The van der Waals surface area contributed by atoms with Crippen LogP contribution in [-0.4, -0.2) is 43.2 Å². The Morgan fingerprint density at radius 2 is 2.10 bits per heavy atom. The molecule has 0 atom stereocenters. The van der Waals surface area contributed by atoms with E-state index in [1.165, 1.54) is 45.0 Å². The molecule has 0 aromatic heterocycles. The number of nitrogens with zero attached hydrogens (tertiary/aromatic N) is 2. The van der Waals surface area contributed by atoms with Crippen molar-refractivity contribution in [1.82, 2.24) is 10.2 Å². The van der Waals surface area contributed by atoms with Crippen molar-refractivity contribution in [2.45, 2.75) is 51.0 Å². The first-order valence-corrected chi connectivity index (χ1v) is 7.68. The van der Waals surface area contributed by atoms with E-state index in [9.17, 15) is 4.39 Å². The Bertz CT molecular complexity index is 371. The number of nitrogens with one attached hydrogen (secondary N) is 1. The topological polar surface area (TPSA) is 36.9 Å². The molecule has 0 bridgehead atoms. The van der Waals surface area contributed by atoms with Gasteiger partial charge in [-0.05, 0) is 51.6 Å². The van der Waals surface area contributed by atoms with Gasteiger partial charge in [0.2, 0.25) is 0 Å². The summed E-state index contributed by atoms with van der Waals surface area (Å²) in [5.74, 6) is -0.238. The molecular weight excluding hydrogens is 257 g/mol. The van der Waals surface area contributed by atoms with Gasteiger partial charge in [-0.2, -0.15) is 0 Å². The van der Waals surface area contributed by atoms with E-state index in [0.29, 0.717) is 24.6 Å². The van der Waals surface area contributed by atoms with Crippen molar-refractivity contribution in [2.75, 3.05) is 26.7 Å². The normalized spacial score (nSPS) is 22.9. The number of fused-ring (bicyclic) bond motifs is 1. The molecule has 114 valence electrons. The lowest BCUT2D eigenvalue weighted by molar-refractivity contribution is 0.144. The van der Waals surface area contributed by atoms with Gasteiger partial charge >= 0.3 is 0 Å². The second kappa shape index (κ2) is 7.07. The van der Waals surface area contributed by atoms with Crippen molar-refractivity contribution in [3.05, 3.63) is 12.0 Å². The summed E-state index contributed by atoms with van der Waals surface area (Å²) in [6.45, 7) is 4.86. The second-order valence-corrected chi connectivity index (χ2v) is 5.63. The molecule has 2 aliphatic rings. The fourth-order valence-electron chi connectivity index (χ4n) is 3.37. The summed E-state index contributed by atoms with van der Waals surface area (Å²) in [5.41, 5.74) is 0.364. The van der Waals surface area contributed by atoms with Gasteiger partial charge < -0.3 is 10.1 Å². The van der Waals surface area contributed by atoms with Gasteiger partial charge in [-0.1, -0.05) is 6.92 Å². The molecule has 2 saturated heterocycles. The van der Waals surface area contributed by atoms with Crippen LogP contribution in [0.5, 0.6) is 0 Å². The minimum atomic E-state index is -0.238. The summed E-state index contributed by atoms with van der Waals surface area (Å²) in [4.78, 5) is 6.61. The summed E-state index contributed by atoms with van der Waals surface area (Å²) in [6.07, 6.45) is 7.79. The number of halogens is 1. The predicted octanol–water partition coefficient (Wildman–Crippen LogP) is 2.82. The summed E-state index contributed by atoms with van der Waals surface area (Å²) in [7, 11) is 1.74. The van der Waals surface area contributed by atoms with E-state index in [1.807, 2.05) is 0 Å². The smallest absolute Gasteiger partial charge is 0.289 e. The highest BCUT2D eigenvalue weighted by molar-refractivity contribution is 5.73. The van der Waals surface area contributed by atoms with Crippen molar-refractivity contribution >= 4 is 6.02 Å². The molecule has 2 heterocycles. The lowest BCUT2D eigenvalue weighted by Gasteiger charge is -2.31. The van der Waals surface area contributed by atoms with E-state index >= 15 is 0 Å². The van der Waals surface area contributed by atoms with Crippen molar-refractivity contribution < 1.29 is 9.13 Å². The number of allylic oxidation sites excluding steroid dienone is 1. The molecule has 0 aromatic rings. The first-order chi connectivity index (χ1) is 9.70. The van der Waals surface area contributed by atoms with Crippen molar-refractivity contribution in [3.8, 4) is 0 Å². The van der Waals surface area contributed by atoms with Gasteiger partial charge in [0.25, 0.3) is 6.02 Å². The standard InChI is InChI=1S/C15H26FN3O/c1-3-13(16)12-18-14(17-2)20-11-8-15-6-4-9-19(15)10-5-7-15/h12H,3-11H2,1-2H3,(H,17,18)/b13-12-. The Balaban J connectivity index is 1.82. The second-order valence-electron chi connectivity index (χ2n) is 5.63. The molecule has 0 radical (unpaired) electrons.